The van der Waals surface area contributed by atoms with E-state index < -0.39 is 30.5 Å². The smallest absolute Gasteiger partial charge is 0.343 e. The second-order valence-corrected chi connectivity index (χ2v) is 12.0. The van der Waals surface area contributed by atoms with Gasteiger partial charge < -0.3 is 4.74 Å². The predicted molar refractivity (Wildman–Crippen MR) is 132 cm³/mol. The van der Waals surface area contributed by atoms with Gasteiger partial charge in [0.1, 0.15) is 10.6 Å². The first kappa shape index (κ1) is 24.9. The second kappa shape index (κ2) is 9.83. The lowest BCUT2D eigenvalue weighted by atomic mass is 10.2. The highest BCUT2D eigenvalue weighted by atomic mass is 35.5. The molecule has 0 unspecified atom stereocenters. The van der Waals surface area contributed by atoms with Crippen LogP contribution in [0.1, 0.15) is 10.4 Å². The van der Waals surface area contributed by atoms with Gasteiger partial charge in [0.25, 0.3) is 0 Å². The summed E-state index contributed by atoms with van der Waals surface area (Å²) in [5, 5.41) is 0.664. The predicted octanol–water partition coefficient (Wildman–Crippen LogP) is 5.88. The number of carbonyl (C=O) groups excluding carboxylic acids is 1. The molecule has 35 heavy (non-hydrogen) atoms. The normalized spacial score (nSPS) is 11.7. The van der Waals surface area contributed by atoms with Crippen LogP contribution in [0, 0.1) is 0 Å². The summed E-state index contributed by atoms with van der Waals surface area (Å²) in [7, 11) is -8.42. The molecule has 0 heterocycles. The van der Waals surface area contributed by atoms with E-state index in [4.69, 9.17) is 27.9 Å². The minimum Gasteiger partial charge on any atom is -0.422 e. The van der Waals surface area contributed by atoms with Gasteiger partial charge in [0, 0.05) is 10.0 Å². The molecule has 0 fully saturated rings. The van der Waals surface area contributed by atoms with Crippen molar-refractivity contribution in [3.63, 3.8) is 0 Å². The van der Waals surface area contributed by atoms with Gasteiger partial charge in [-0.15, -0.1) is 0 Å². The van der Waals surface area contributed by atoms with Crippen LogP contribution in [0.25, 0.3) is 0 Å². The molecule has 0 bridgehead atoms. The Morgan fingerprint density at radius 3 is 1.63 bits per heavy atom. The number of halogens is 2. The van der Waals surface area contributed by atoms with Crippen LogP contribution in [-0.4, -0.2) is 22.8 Å². The Morgan fingerprint density at radius 2 is 1.09 bits per heavy atom. The van der Waals surface area contributed by atoms with E-state index >= 15 is 0 Å². The van der Waals surface area contributed by atoms with Gasteiger partial charge in [-0.1, -0.05) is 41.4 Å². The number of sulfone groups is 2. The van der Waals surface area contributed by atoms with Crippen LogP contribution in [0.4, 0.5) is 0 Å². The molecule has 0 aliphatic carbocycles. The highest BCUT2D eigenvalue weighted by molar-refractivity contribution is 7.92. The van der Waals surface area contributed by atoms with E-state index in [1.165, 1.54) is 66.7 Å². The number of rotatable bonds is 6. The van der Waals surface area contributed by atoms with Gasteiger partial charge >= 0.3 is 5.97 Å². The van der Waals surface area contributed by atoms with Gasteiger partial charge in [-0.05, 0) is 78.9 Å². The highest BCUT2D eigenvalue weighted by Crippen LogP contribution is 2.34. The summed E-state index contributed by atoms with van der Waals surface area (Å²) in [5.41, 5.74) is 0.195. The molecule has 0 radical (unpaired) electrons. The SMILES string of the molecule is O=C(Oc1ccc(S(=O)(=O)c2ccc(Cl)cc2)cc1S(=O)(=O)c1ccc(Cl)cc1)c1ccccc1. The maximum absolute atomic E-state index is 13.5. The van der Waals surface area contributed by atoms with Gasteiger partial charge in [0.2, 0.25) is 19.7 Å². The largest absolute Gasteiger partial charge is 0.422 e. The number of carbonyl (C=O) groups is 1. The van der Waals surface area contributed by atoms with Crippen LogP contribution >= 0.6 is 23.2 Å². The number of benzene rings is 4. The molecule has 0 amide bonds. The molecule has 0 saturated carbocycles. The van der Waals surface area contributed by atoms with E-state index in [0.29, 0.717) is 10.0 Å². The van der Waals surface area contributed by atoms with Crippen molar-refractivity contribution < 1.29 is 26.4 Å². The minimum atomic E-state index is -4.31. The topological polar surface area (TPSA) is 94.6 Å². The maximum atomic E-state index is 13.5. The Labute approximate surface area is 212 Å². The Kier molecular flexibility index (Phi) is 7.00. The fourth-order valence-electron chi connectivity index (χ4n) is 3.17. The first-order chi connectivity index (χ1) is 16.6. The third kappa shape index (κ3) is 5.26. The monoisotopic (exact) mass is 546 g/mol. The quantitative estimate of drug-likeness (QED) is 0.221. The molecule has 4 aromatic rings. The molecule has 0 aliphatic heterocycles. The van der Waals surface area contributed by atoms with E-state index in [0.717, 1.165) is 12.1 Å². The first-order valence-corrected chi connectivity index (χ1v) is 13.7. The molecule has 4 aromatic carbocycles. The Hall–Kier alpha value is -3.17. The van der Waals surface area contributed by atoms with Crippen molar-refractivity contribution in [2.24, 2.45) is 0 Å². The molecular formula is C25H16Cl2O6S2. The van der Waals surface area contributed by atoms with E-state index in [1.807, 2.05) is 0 Å². The zero-order chi connectivity index (χ0) is 25.2. The van der Waals surface area contributed by atoms with Crippen LogP contribution in [0.3, 0.4) is 0 Å². The maximum Gasteiger partial charge on any atom is 0.343 e. The van der Waals surface area contributed by atoms with Gasteiger partial charge in [-0.3, -0.25) is 0 Å². The van der Waals surface area contributed by atoms with Crippen LogP contribution in [-0.2, 0) is 19.7 Å². The van der Waals surface area contributed by atoms with Gasteiger partial charge in [-0.2, -0.15) is 0 Å². The number of ether oxygens (including phenoxy) is 1. The molecule has 178 valence electrons. The Bertz CT molecular complexity index is 1600. The summed E-state index contributed by atoms with van der Waals surface area (Å²) in [6.45, 7) is 0. The molecule has 10 heteroatoms. The lowest BCUT2D eigenvalue weighted by Crippen LogP contribution is -2.13. The highest BCUT2D eigenvalue weighted by Gasteiger charge is 2.28. The summed E-state index contributed by atoms with van der Waals surface area (Å²) < 4.78 is 58.8. The lowest BCUT2D eigenvalue weighted by Gasteiger charge is -2.14. The van der Waals surface area contributed by atoms with Crippen molar-refractivity contribution in [3.8, 4) is 5.75 Å². The number of esters is 1. The summed E-state index contributed by atoms with van der Waals surface area (Å²) >= 11 is 11.7. The standard InChI is InChI=1S/C25H16Cl2O6S2/c26-18-6-10-20(11-7-18)34(29,30)22-14-15-23(33-25(28)17-4-2-1-3-5-17)24(16-22)35(31,32)21-12-8-19(27)9-13-21/h1-16H. The van der Waals surface area contributed by atoms with Crippen molar-refractivity contribution in [1.82, 2.24) is 0 Å². The molecule has 0 saturated heterocycles. The fourth-order valence-corrected chi connectivity index (χ4v) is 6.19. The van der Waals surface area contributed by atoms with Crippen LogP contribution in [0.5, 0.6) is 5.75 Å². The van der Waals surface area contributed by atoms with Gasteiger partial charge in [0.05, 0.1) is 20.2 Å². The average molecular weight is 547 g/mol. The summed E-state index contributed by atoms with van der Waals surface area (Å²) in [5.74, 6) is -1.12. The van der Waals surface area contributed by atoms with Crippen LogP contribution in [0.15, 0.2) is 117 Å². The van der Waals surface area contributed by atoms with E-state index in [2.05, 4.69) is 0 Å². The van der Waals surface area contributed by atoms with Gasteiger partial charge in [0.15, 0.2) is 0 Å². The summed E-state index contributed by atoms with van der Waals surface area (Å²) in [6.07, 6.45) is 0. The number of hydrogen-bond acceptors (Lipinski definition) is 6. The van der Waals surface area contributed by atoms with Crippen molar-refractivity contribution in [3.05, 3.63) is 113 Å². The lowest BCUT2D eigenvalue weighted by molar-refractivity contribution is 0.0730. The molecule has 4 rings (SSSR count). The molecular weight excluding hydrogens is 531 g/mol. The third-order valence-electron chi connectivity index (χ3n) is 4.98. The molecule has 0 aliphatic rings. The van der Waals surface area contributed by atoms with Crippen LogP contribution in [0.2, 0.25) is 10.0 Å². The Morgan fingerprint density at radius 1 is 0.600 bits per heavy atom. The van der Waals surface area contributed by atoms with Crippen molar-refractivity contribution in [2.45, 2.75) is 19.6 Å². The van der Waals surface area contributed by atoms with Gasteiger partial charge in [-0.25, -0.2) is 21.6 Å². The van der Waals surface area contributed by atoms with Crippen molar-refractivity contribution in [2.75, 3.05) is 0 Å². The molecule has 0 atom stereocenters. The molecule has 6 nitrogen and oxygen atoms in total. The van der Waals surface area contributed by atoms with Crippen molar-refractivity contribution in [1.29, 1.82) is 0 Å². The Balaban J connectivity index is 1.86. The van der Waals surface area contributed by atoms with E-state index in [9.17, 15) is 21.6 Å². The fraction of sp³-hybridized carbons (Fsp3) is 0. The van der Waals surface area contributed by atoms with E-state index in [-0.39, 0.29) is 26.0 Å². The number of hydrogen-bond donors (Lipinski definition) is 0. The summed E-state index contributed by atoms with van der Waals surface area (Å²) in [6, 6.07) is 22.1. The summed E-state index contributed by atoms with van der Waals surface area (Å²) in [4.78, 5) is 11.6. The van der Waals surface area contributed by atoms with E-state index in [1.54, 1.807) is 18.2 Å². The molecule has 0 aromatic heterocycles. The first-order valence-electron chi connectivity index (χ1n) is 10.0. The zero-order valence-corrected chi connectivity index (χ0v) is 20.9. The average Bonchev–Trinajstić information content (AvgIpc) is 2.85. The third-order valence-corrected chi connectivity index (χ3v) is 9.04. The van der Waals surface area contributed by atoms with Crippen LogP contribution < -0.4 is 4.74 Å². The van der Waals surface area contributed by atoms with Crippen molar-refractivity contribution >= 4 is 48.8 Å². The second-order valence-electron chi connectivity index (χ2n) is 7.28. The molecule has 0 N–H and O–H groups in total. The minimum absolute atomic E-state index is 0.0780. The zero-order valence-electron chi connectivity index (χ0n) is 17.8. The molecule has 0 spiro atoms.